The standard InChI is InChI=1S/C15H23N3O3S/c1-2-3-4-5-6-7-8-15(19)18-22(20,21)14-11-9-13(17-16)10-12-14/h9-12,16H,2-8H2,1H3,(H,18,19). The molecule has 0 spiro atoms. The third kappa shape index (κ3) is 6.34. The minimum absolute atomic E-state index is 0.00352. The molecule has 0 atom stereocenters. The van der Waals surface area contributed by atoms with Crippen LogP contribution in [-0.2, 0) is 14.8 Å². The summed E-state index contributed by atoms with van der Waals surface area (Å²) in [5, 5.41) is 3.19. The molecule has 1 amide bonds. The molecule has 122 valence electrons. The Hall–Kier alpha value is -1.76. The van der Waals surface area contributed by atoms with E-state index in [9.17, 15) is 13.2 Å². The SMILES string of the molecule is CCCCCCCCC(=O)NS(=O)(=O)c1ccc(N=N)cc1. The fourth-order valence-electron chi connectivity index (χ4n) is 2.03. The van der Waals surface area contributed by atoms with Crippen LogP contribution in [0.5, 0.6) is 0 Å². The third-order valence-corrected chi connectivity index (χ3v) is 4.67. The first-order chi connectivity index (χ1) is 10.5. The Kier molecular flexibility index (Phi) is 7.73. The smallest absolute Gasteiger partial charge is 0.264 e. The molecule has 0 saturated heterocycles. The van der Waals surface area contributed by atoms with Crippen LogP contribution in [0.3, 0.4) is 0 Å². The minimum atomic E-state index is -3.84. The van der Waals surface area contributed by atoms with Crippen molar-refractivity contribution in [3.63, 3.8) is 0 Å². The van der Waals surface area contributed by atoms with Crippen molar-refractivity contribution in [1.29, 1.82) is 5.53 Å². The molecule has 0 fully saturated rings. The second-order valence-electron chi connectivity index (χ2n) is 5.15. The van der Waals surface area contributed by atoms with Crippen molar-refractivity contribution in [3.05, 3.63) is 24.3 Å². The summed E-state index contributed by atoms with van der Waals surface area (Å²) in [7, 11) is -3.84. The zero-order valence-electron chi connectivity index (χ0n) is 12.8. The van der Waals surface area contributed by atoms with E-state index in [2.05, 4.69) is 16.8 Å². The van der Waals surface area contributed by atoms with Gasteiger partial charge < -0.3 is 0 Å². The van der Waals surface area contributed by atoms with Gasteiger partial charge in [0.25, 0.3) is 10.0 Å². The highest BCUT2D eigenvalue weighted by molar-refractivity contribution is 7.90. The van der Waals surface area contributed by atoms with Crippen molar-refractivity contribution in [2.24, 2.45) is 5.11 Å². The first-order valence-corrected chi connectivity index (χ1v) is 9.01. The molecule has 0 radical (unpaired) electrons. The molecule has 0 bridgehead atoms. The van der Waals surface area contributed by atoms with Gasteiger partial charge in [-0.2, -0.15) is 5.11 Å². The van der Waals surface area contributed by atoms with Crippen molar-refractivity contribution < 1.29 is 13.2 Å². The number of amides is 1. The molecular weight excluding hydrogens is 302 g/mol. The van der Waals surface area contributed by atoms with Crippen molar-refractivity contribution in [3.8, 4) is 0 Å². The summed E-state index contributed by atoms with van der Waals surface area (Å²) in [6, 6.07) is 5.49. The average Bonchev–Trinajstić information content (AvgIpc) is 2.50. The van der Waals surface area contributed by atoms with Crippen molar-refractivity contribution >= 4 is 21.6 Å². The lowest BCUT2D eigenvalue weighted by Gasteiger charge is -2.07. The number of carbonyl (C=O) groups is 1. The minimum Gasteiger partial charge on any atom is -0.274 e. The zero-order chi connectivity index (χ0) is 16.4. The second-order valence-corrected chi connectivity index (χ2v) is 6.83. The van der Waals surface area contributed by atoms with Gasteiger partial charge in [0.05, 0.1) is 10.6 Å². The van der Waals surface area contributed by atoms with Crippen molar-refractivity contribution in [2.45, 2.75) is 56.8 Å². The van der Waals surface area contributed by atoms with E-state index in [1.165, 1.54) is 37.1 Å². The van der Waals surface area contributed by atoms with E-state index in [-0.39, 0.29) is 11.3 Å². The summed E-state index contributed by atoms with van der Waals surface area (Å²) in [5.74, 6) is -0.482. The van der Waals surface area contributed by atoms with E-state index in [1.54, 1.807) is 0 Å². The first kappa shape index (κ1) is 18.3. The van der Waals surface area contributed by atoms with Gasteiger partial charge in [-0.3, -0.25) is 4.79 Å². The predicted molar refractivity (Wildman–Crippen MR) is 84.6 cm³/mol. The quantitative estimate of drug-likeness (QED) is 0.504. The van der Waals surface area contributed by atoms with Crippen LogP contribution in [0.4, 0.5) is 5.69 Å². The molecule has 1 aromatic rings. The Bertz CT molecular complexity index is 583. The van der Waals surface area contributed by atoms with E-state index in [4.69, 9.17) is 5.53 Å². The molecule has 0 unspecified atom stereocenters. The van der Waals surface area contributed by atoms with E-state index in [1.807, 2.05) is 0 Å². The number of hydrogen-bond acceptors (Lipinski definition) is 5. The second kappa shape index (κ2) is 9.30. The van der Waals surface area contributed by atoms with Gasteiger partial charge in [0.1, 0.15) is 0 Å². The molecular formula is C15H23N3O3S. The molecule has 0 heterocycles. The summed E-state index contributed by atoms with van der Waals surface area (Å²) >= 11 is 0. The van der Waals surface area contributed by atoms with Gasteiger partial charge in [-0.1, -0.05) is 39.0 Å². The van der Waals surface area contributed by atoms with Crippen LogP contribution < -0.4 is 4.72 Å². The summed E-state index contributed by atoms with van der Waals surface area (Å²) in [5.41, 5.74) is 7.18. The number of sulfonamides is 1. The fraction of sp³-hybridized carbons (Fsp3) is 0.533. The van der Waals surface area contributed by atoms with Gasteiger partial charge in [-0.25, -0.2) is 18.7 Å². The molecule has 0 aliphatic rings. The van der Waals surface area contributed by atoms with Crippen molar-refractivity contribution in [2.75, 3.05) is 0 Å². The van der Waals surface area contributed by atoms with Gasteiger partial charge in [-0.05, 0) is 30.7 Å². The third-order valence-electron chi connectivity index (χ3n) is 3.28. The lowest BCUT2D eigenvalue weighted by Crippen LogP contribution is -2.30. The van der Waals surface area contributed by atoms with E-state index >= 15 is 0 Å². The zero-order valence-corrected chi connectivity index (χ0v) is 13.7. The summed E-state index contributed by atoms with van der Waals surface area (Å²) < 4.78 is 26.1. The largest absolute Gasteiger partial charge is 0.274 e. The molecule has 2 N–H and O–H groups in total. The fourth-order valence-corrected chi connectivity index (χ4v) is 3.04. The summed E-state index contributed by atoms with van der Waals surface area (Å²) in [6.07, 6.45) is 6.45. The van der Waals surface area contributed by atoms with Crippen LogP contribution in [0.25, 0.3) is 0 Å². The van der Waals surface area contributed by atoms with E-state index < -0.39 is 15.9 Å². The maximum Gasteiger partial charge on any atom is 0.264 e. The monoisotopic (exact) mass is 325 g/mol. The van der Waals surface area contributed by atoms with Crippen LogP contribution >= 0.6 is 0 Å². The van der Waals surface area contributed by atoms with Crippen LogP contribution in [0.1, 0.15) is 51.9 Å². The molecule has 6 nitrogen and oxygen atoms in total. The van der Waals surface area contributed by atoms with Crippen LogP contribution in [0.2, 0.25) is 0 Å². The van der Waals surface area contributed by atoms with Crippen LogP contribution in [0, 0.1) is 5.53 Å². The van der Waals surface area contributed by atoms with Crippen LogP contribution in [0.15, 0.2) is 34.3 Å². The Morgan fingerprint density at radius 3 is 2.27 bits per heavy atom. The van der Waals surface area contributed by atoms with Crippen LogP contribution in [-0.4, -0.2) is 14.3 Å². The Morgan fingerprint density at radius 2 is 1.68 bits per heavy atom. The molecule has 0 aliphatic heterocycles. The normalized spacial score (nSPS) is 11.1. The van der Waals surface area contributed by atoms with Gasteiger partial charge in [-0.15, -0.1) is 0 Å². The molecule has 1 aromatic carbocycles. The molecule has 0 aliphatic carbocycles. The van der Waals surface area contributed by atoms with Gasteiger partial charge in [0.2, 0.25) is 5.91 Å². The first-order valence-electron chi connectivity index (χ1n) is 7.52. The number of hydrogen-bond donors (Lipinski definition) is 2. The molecule has 1 rings (SSSR count). The van der Waals surface area contributed by atoms with Gasteiger partial charge in [0, 0.05) is 6.42 Å². The lowest BCUT2D eigenvalue weighted by atomic mass is 10.1. The topological polar surface area (TPSA) is 99.4 Å². The summed E-state index contributed by atoms with van der Waals surface area (Å²) in [6.45, 7) is 2.14. The number of nitrogens with zero attached hydrogens (tertiary/aromatic N) is 1. The maximum atomic E-state index is 12.0. The van der Waals surface area contributed by atoms with Crippen molar-refractivity contribution in [1.82, 2.24) is 4.72 Å². The average molecular weight is 325 g/mol. The number of rotatable bonds is 10. The Balaban J connectivity index is 2.43. The number of nitrogens with one attached hydrogen (secondary N) is 2. The highest BCUT2D eigenvalue weighted by Gasteiger charge is 2.17. The maximum absolute atomic E-state index is 12.0. The Labute approximate surface area is 131 Å². The highest BCUT2D eigenvalue weighted by Crippen LogP contribution is 2.16. The van der Waals surface area contributed by atoms with Gasteiger partial charge in [0.15, 0.2) is 0 Å². The Morgan fingerprint density at radius 1 is 1.09 bits per heavy atom. The highest BCUT2D eigenvalue weighted by atomic mass is 32.2. The van der Waals surface area contributed by atoms with E-state index in [0.29, 0.717) is 12.1 Å². The van der Waals surface area contributed by atoms with Gasteiger partial charge >= 0.3 is 0 Å². The summed E-state index contributed by atoms with van der Waals surface area (Å²) in [4.78, 5) is 11.7. The molecule has 0 saturated carbocycles. The number of unbranched alkanes of at least 4 members (excludes halogenated alkanes) is 5. The lowest BCUT2D eigenvalue weighted by molar-refractivity contribution is -0.119. The molecule has 7 heteroatoms. The molecule has 22 heavy (non-hydrogen) atoms. The van der Waals surface area contributed by atoms with E-state index in [0.717, 1.165) is 19.3 Å². The molecule has 0 aromatic heterocycles. The number of carbonyl (C=O) groups excluding carboxylic acids is 1. The number of benzene rings is 1. The predicted octanol–water partition coefficient (Wildman–Crippen LogP) is 3.90.